The Bertz CT molecular complexity index is 838. The number of hydrogen-bond acceptors (Lipinski definition) is 1. The molecule has 1 aliphatic rings. The fourth-order valence-electron chi connectivity index (χ4n) is 3.89. The van der Waals surface area contributed by atoms with Gasteiger partial charge in [0.2, 0.25) is 0 Å². The van der Waals surface area contributed by atoms with Gasteiger partial charge in [-0.25, -0.2) is 0 Å². The fourth-order valence-corrected chi connectivity index (χ4v) is 4.19. The van der Waals surface area contributed by atoms with Crippen LogP contribution in [0.25, 0.3) is 10.9 Å². The maximum absolute atomic E-state index is 6.25. The lowest BCUT2D eigenvalue weighted by Gasteiger charge is -2.11. The number of hydrogen-bond donors (Lipinski definition) is 0. The molecule has 0 fully saturated rings. The number of aromatic nitrogens is 1. The van der Waals surface area contributed by atoms with E-state index in [2.05, 4.69) is 53.1 Å². The van der Waals surface area contributed by atoms with E-state index in [0.717, 1.165) is 25.1 Å². The second kappa shape index (κ2) is 5.93. The lowest BCUT2D eigenvalue weighted by molar-refractivity contribution is 0.419. The Hall–Kier alpha value is -1.93. The first-order valence-corrected chi connectivity index (χ1v) is 8.64. The summed E-state index contributed by atoms with van der Waals surface area (Å²) in [5.74, 6) is 2.07. The Balaban J connectivity index is 1.94. The van der Waals surface area contributed by atoms with E-state index in [9.17, 15) is 0 Å². The van der Waals surface area contributed by atoms with E-state index in [-0.39, 0.29) is 0 Å². The van der Waals surface area contributed by atoms with Crippen LogP contribution < -0.4 is 4.74 Å². The van der Waals surface area contributed by atoms with Gasteiger partial charge in [0.05, 0.1) is 12.6 Å². The third kappa shape index (κ3) is 2.33. The van der Waals surface area contributed by atoms with Crippen LogP contribution in [0, 0.1) is 0 Å². The van der Waals surface area contributed by atoms with Gasteiger partial charge >= 0.3 is 0 Å². The van der Waals surface area contributed by atoms with Crippen molar-refractivity contribution in [3.05, 3.63) is 65.4 Å². The van der Waals surface area contributed by atoms with Crippen LogP contribution >= 0.6 is 11.6 Å². The highest BCUT2D eigenvalue weighted by atomic mass is 35.5. The number of halogens is 1. The van der Waals surface area contributed by atoms with Crippen LogP contribution in [0.1, 0.15) is 29.2 Å². The summed E-state index contributed by atoms with van der Waals surface area (Å²) in [6.45, 7) is 0.898. The largest absolute Gasteiger partial charge is 0.496 e. The van der Waals surface area contributed by atoms with E-state index in [1.54, 1.807) is 7.11 Å². The first-order valence-electron chi connectivity index (χ1n) is 8.11. The van der Waals surface area contributed by atoms with Crippen LogP contribution in [0.4, 0.5) is 0 Å². The van der Waals surface area contributed by atoms with Gasteiger partial charge in [-0.05, 0) is 36.1 Å². The van der Waals surface area contributed by atoms with E-state index in [4.69, 9.17) is 16.3 Å². The maximum atomic E-state index is 6.25. The SMILES string of the molecule is COc1cccc2c1c1c(n2Cc2ccccc2)CCC1CCl. The summed E-state index contributed by atoms with van der Waals surface area (Å²) in [5, 5.41) is 1.25. The Morgan fingerprint density at radius 3 is 2.70 bits per heavy atom. The molecule has 0 saturated carbocycles. The molecule has 0 amide bonds. The Morgan fingerprint density at radius 2 is 1.96 bits per heavy atom. The molecule has 0 spiro atoms. The average molecular weight is 326 g/mol. The van der Waals surface area contributed by atoms with Crippen LogP contribution in [0.3, 0.4) is 0 Å². The summed E-state index contributed by atoms with van der Waals surface area (Å²) < 4.78 is 8.11. The van der Waals surface area contributed by atoms with Crippen molar-refractivity contribution in [2.75, 3.05) is 13.0 Å². The number of rotatable bonds is 4. The zero-order valence-corrected chi connectivity index (χ0v) is 14.0. The molecule has 1 atom stereocenters. The van der Waals surface area contributed by atoms with Gasteiger partial charge in [-0.1, -0.05) is 36.4 Å². The second-order valence-corrected chi connectivity index (χ2v) is 6.49. The molecular formula is C20H20ClNO. The maximum Gasteiger partial charge on any atom is 0.128 e. The van der Waals surface area contributed by atoms with Crippen molar-refractivity contribution in [3.8, 4) is 5.75 Å². The lowest BCUT2D eigenvalue weighted by Crippen LogP contribution is -2.03. The third-order valence-electron chi connectivity index (χ3n) is 4.93. The summed E-state index contributed by atoms with van der Waals surface area (Å²) in [5.41, 5.74) is 5.42. The van der Waals surface area contributed by atoms with Crippen molar-refractivity contribution in [1.82, 2.24) is 4.57 Å². The van der Waals surface area contributed by atoms with Gasteiger partial charge in [0.1, 0.15) is 5.75 Å². The minimum absolute atomic E-state index is 0.433. The van der Waals surface area contributed by atoms with Crippen LogP contribution in [-0.2, 0) is 13.0 Å². The van der Waals surface area contributed by atoms with Crippen molar-refractivity contribution < 1.29 is 4.74 Å². The van der Waals surface area contributed by atoms with Gasteiger partial charge in [-0.2, -0.15) is 0 Å². The summed E-state index contributed by atoms with van der Waals surface area (Å²) in [4.78, 5) is 0. The smallest absolute Gasteiger partial charge is 0.128 e. The number of alkyl halides is 1. The molecule has 1 aliphatic carbocycles. The molecule has 0 N–H and O–H groups in total. The molecule has 1 aromatic heterocycles. The topological polar surface area (TPSA) is 14.2 Å². The van der Waals surface area contributed by atoms with Gasteiger partial charge in [0.25, 0.3) is 0 Å². The molecule has 1 unspecified atom stereocenters. The predicted molar refractivity (Wildman–Crippen MR) is 95.8 cm³/mol. The zero-order chi connectivity index (χ0) is 15.8. The van der Waals surface area contributed by atoms with E-state index in [1.807, 2.05) is 0 Å². The minimum atomic E-state index is 0.433. The van der Waals surface area contributed by atoms with E-state index < -0.39 is 0 Å². The molecule has 4 rings (SSSR count). The first kappa shape index (κ1) is 14.6. The van der Waals surface area contributed by atoms with Gasteiger partial charge in [0, 0.05) is 29.4 Å². The van der Waals surface area contributed by atoms with Crippen molar-refractivity contribution in [1.29, 1.82) is 0 Å². The molecule has 1 heterocycles. The third-order valence-corrected chi connectivity index (χ3v) is 5.30. The minimum Gasteiger partial charge on any atom is -0.496 e. The molecule has 0 saturated heterocycles. The summed E-state index contributed by atoms with van der Waals surface area (Å²) in [6.07, 6.45) is 2.23. The zero-order valence-electron chi connectivity index (χ0n) is 13.3. The standard InChI is InChI=1S/C20H20ClNO/c1-23-18-9-5-8-16-20(18)19-15(12-21)10-11-17(19)22(16)13-14-6-3-2-4-7-14/h2-9,15H,10-13H2,1H3. The van der Waals surface area contributed by atoms with Crippen LogP contribution in [0.5, 0.6) is 5.75 Å². The highest BCUT2D eigenvalue weighted by Gasteiger charge is 2.30. The molecule has 2 aromatic carbocycles. The van der Waals surface area contributed by atoms with Gasteiger partial charge in [-0.3, -0.25) is 0 Å². The Morgan fingerprint density at radius 1 is 1.13 bits per heavy atom. The summed E-state index contributed by atoms with van der Waals surface area (Å²) in [6, 6.07) is 17.0. The second-order valence-electron chi connectivity index (χ2n) is 6.18. The Labute approximate surface area is 141 Å². The average Bonchev–Trinajstić information content (AvgIpc) is 3.15. The van der Waals surface area contributed by atoms with Gasteiger partial charge in [-0.15, -0.1) is 11.6 Å². The first-order chi connectivity index (χ1) is 11.3. The number of methoxy groups -OCH3 is 1. The number of benzene rings is 2. The molecule has 118 valence electrons. The Kier molecular flexibility index (Phi) is 3.78. The molecule has 23 heavy (non-hydrogen) atoms. The van der Waals surface area contributed by atoms with Crippen molar-refractivity contribution in [2.45, 2.75) is 25.3 Å². The monoisotopic (exact) mass is 325 g/mol. The van der Waals surface area contributed by atoms with E-state index in [1.165, 1.54) is 27.7 Å². The van der Waals surface area contributed by atoms with Gasteiger partial charge in [0.15, 0.2) is 0 Å². The highest BCUT2D eigenvalue weighted by Crippen LogP contribution is 2.44. The van der Waals surface area contributed by atoms with Crippen LogP contribution in [0.2, 0.25) is 0 Å². The summed E-state index contributed by atoms with van der Waals surface area (Å²) >= 11 is 6.25. The highest BCUT2D eigenvalue weighted by molar-refractivity contribution is 6.18. The molecule has 3 heteroatoms. The van der Waals surface area contributed by atoms with Crippen molar-refractivity contribution in [2.24, 2.45) is 0 Å². The molecule has 2 nitrogen and oxygen atoms in total. The number of ether oxygens (including phenoxy) is 1. The van der Waals surface area contributed by atoms with E-state index >= 15 is 0 Å². The fraction of sp³-hybridized carbons (Fsp3) is 0.300. The summed E-state index contributed by atoms with van der Waals surface area (Å²) in [7, 11) is 1.75. The molecular weight excluding hydrogens is 306 g/mol. The van der Waals surface area contributed by atoms with Crippen molar-refractivity contribution >= 4 is 22.5 Å². The lowest BCUT2D eigenvalue weighted by atomic mass is 10.0. The molecule has 0 bridgehead atoms. The van der Waals surface area contributed by atoms with Crippen molar-refractivity contribution in [3.63, 3.8) is 0 Å². The molecule has 0 aliphatic heterocycles. The molecule has 3 aromatic rings. The van der Waals surface area contributed by atoms with E-state index in [0.29, 0.717) is 11.8 Å². The predicted octanol–water partition coefficient (Wildman–Crippen LogP) is 4.97. The molecule has 0 radical (unpaired) electrons. The van der Waals surface area contributed by atoms with Crippen LogP contribution in [-0.4, -0.2) is 17.6 Å². The number of nitrogens with zero attached hydrogens (tertiary/aromatic N) is 1. The number of fused-ring (bicyclic) bond motifs is 3. The normalized spacial score (nSPS) is 16.7. The van der Waals surface area contributed by atoms with Gasteiger partial charge < -0.3 is 9.30 Å². The quantitative estimate of drug-likeness (QED) is 0.618. The van der Waals surface area contributed by atoms with Crippen LogP contribution in [0.15, 0.2) is 48.5 Å².